The van der Waals surface area contributed by atoms with Crippen LogP contribution in [0.15, 0.2) is 0 Å². The van der Waals surface area contributed by atoms with Crippen LogP contribution in [0, 0.1) is 0 Å². The summed E-state index contributed by atoms with van der Waals surface area (Å²) >= 11 is 0. The van der Waals surface area contributed by atoms with Gasteiger partial charge in [0.1, 0.15) is 97.7 Å². The summed E-state index contributed by atoms with van der Waals surface area (Å²) in [5.74, 6) is 0. The van der Waals surface area contributed by atoms with Gasteiger partial charge in [0.2, 0.25) is 0 Å². The van der Waals surface area contributed by atoms with Crippen molar-refractivity contribution in [1.29, 1.82) is 0 Å². The van der Waals surface area contributed by atoms with Crippen LogP contribution in [0.1, 0.15) is 0 Å². The third-order valence-electron chi connectivity index (χ3n) is 8.19. The Bertz CT molecular complexity index is 914. The Morgan fingerprint density at radius 3 is 1.33 bits per heavy atom. The van der Waals surface area contributed by atoms with Crippen LogP contribution in [0.5, 0.6) is 0 Å². The summed E-state index contributed by atoms with van der Waals surface area (Å²) in [5.41, 5.74) is 0. The largest absolute Gasteiger partial charge is 0.394 e. The summed E-state index contributed by atoms with van der Waals surface area (Å²) in [5, 5.41) is 142. The molecule has 45 heavy (non-hydrogen) atoms. The van der Waals surface area contributed by atoms with Crippen molar-refractivity contribution in [2.45, 2.75) is 123 Å². The summed E-state index contributed by atoms with van der Waals surface area (Å²) < 4.78 is 37.9. The number of hydrogen-bond acceptors (Lipinski definition) is 21. The molecule has 0 unspecified atom stereocenters. The molecule has 4 saturated heterocycles. The molecule has 4 fully saturated rings. The van der Waals surface area contributed by atoms with Crippen molar-refractivity contribution < 1.29 is 105 Å². The van der Waals surface area contributed by atoms with Crippen molar-refractivity contribution in [3.8, 4) is 0 Å². The highest BCUT2D eigenvalue weighted by Gasteiger charge is 2.53. The molecule has 0 amide bonds. The van der Waals surface area contributed by atoms with Crippen molar-refractivity contribution in [2.75, 3.05) is 26.4 Å². The van der Waals surface area contributed by atoms with Gasteiger partial charge in [0.25, 0.3) is 0 Å². The van der Waals surface area contributed by atoms with E-state index in [2.05, 4.69) is 0 Å². The minimum atomic E-state index is -1.96. The van der Waals surface area contributed by atoms with Gasteiger partial charge >= 0.3 is 0 Å². The van der Waals surface area contributed by atoms with Gasteiger partial charge in [-0.2, -0.15) is 0 Å². The number of aliphatic hydroxyl groups excluding tert-OH is 14. The topological polar surface area (TPSA) is 348 Å². The molecule has 0 bridgehead atoms. The molecule has 0 aromatic heterocycles. The van der Waals surface area contributed by atoms with Crippen LogP contribution in [-0.4, -0.2) is 221 Å². The van der Waals surface area contributed by atoms with Gasteiger partial charge in [-0.25, -0.2) is 0 Å². The molecular formula is C24H42O21. The van der Waals surface area contributed by atoms with Crippen molar-refractivity contribution in [2.24, 2.45) is 0 Å². The summed E-state index contributed by atoms with van der Waals surface area (Å²) in [4.78, 5) is 0. The second-order valence-corrected chi connectivity index (χ2v) is 11.2. The molecule has 4 aliphatic heterocycles. The lowest BCUT2D eigenvalue weighted by Gasteiger charge is -2.47. The zero-order valence-electron chi connectivity index (χ0n) is 23.5. The summed E-state index contributed by atoms with van der Waals surface area (Å²) in [6.07, 6.45) is -35.3. The molecule has 0 aromatic rings. The highest BCUT2D eigenvalue weighted by Crippen LogP contribution is 2.32. The van der Waals surface area contributed by atoms with Crippen LogP contribution in [0.3, 0.4) is 0 Å². The number of rotatable bonds is 10. The van der Waals surface area contributed by atoms with E-state index in [0.717, 1.165) is 0 Å². The Balaban J connectivity index is 1.48. The molecule has 21 nitrogen and oxygen atoms in total. The van der Waals surface area contributed by atoms with E-state index in [4.69, 9.17) is 33.2 Å². The Labute approximate surface area is 254 Å². The molecule has 0 saturated carbocycles. The highest BCUT2D eigenvalue weighted by molar-refractivity contribution is 4.96. The van der Waals surface area contributed by atoms with E-state index in [-0.39, 0.29) is 0 Å². The van der Waals surface area contributed by atoms with Gasteiger partial charge < -0.3 is 105 Å². The standard InChI is InChI=1S/C24H42O21/c25-1-5-9(28)12(31)17(36)22(41-5)45-20-14(33)10(29)6(2-26)42-24(20)39-4-8-11(30)13(32)18(37)23(43-8)44-19-7(3-27)40-21(38)16(35)15(19)34/h5-38H,1-4H2/t5-,6-,7-,8-,9-,10-,11-,12+,13+,14+,15-,16-,17-,18-,19-,20-,21+,22-,23-,24+/m1/s1. The van der Waals surface area contributed by atoms with Crippen molar-refractivity contribution in [1.82, 2.24) is 0 Å². The molecule has 0 radical (unpaired) electrons. The predicted molar refractivity (Wildman–Crippen MR) is 134 cm³/mol. The van der Waals surface area contributed by atoms with Crippen LogP contribution in [0.4, 0.5) is 0 Å². The van der Waals surface area contributed by atoms with Crippen LogP contribution >= 0.6 is 0 Å². The average molecular weight is 667 g/mol. The Morgan fingerprint density at radius 2 is 0.800 bits per heavy atom. The zero-order valence-corrected chi connectivity index (χ0v) is 23.5. The van der Waals surface area contributed by atoms with Crippen molar-refractivity contribution in [3.05, 3.63) is 0 Å². The minimum Gasteiger partial charge on any atom is -0.394 e. The van der Waals surface area contributed by atoms with Crippen LogP contribution in [0.2, 0.25) is 0 Å². The van der Waals surface area contributed by atoms with E-state index in [1.807, 2.05) is 0 Å². The summed E-state index contributed by atoms with van der Waals surface area (Å²) in [6.45, 7) is -3.20. The smallest absolute Gasteiger partial charge is 0.187 e. The zero-order chi connectivity index (χ0) is 33.3. The SMILES string of the molecule is OC[C@H]1O[C@H](O[C@H]2[C@@H](OC[C@H]3O[C@H](O[C@H]4[C@H](O)[C@@H](O)[C@@H](O)O[C@@H]4CO)[C@H](O)[C@@H](O)[C@@H]3O)O[C@H](CO)[C@@H](O)[C@@H]2O)[C@H](O)[C@@H](O)[C@@H]1O. The van der Waals surface area contributed by atoms with E-state index in [9.17, 15) is 71.5 Å². The predicted octanol–water partition coefficient (Wildman–Crippen LogP) is -9.75. The average Bonchev–Trinajstić information content (AvgIpc) is 3.03. The molecule has 4 rings (SSSR count). The monoisotopic (exact) mass is 666 g/mol. The Kier molecular flexibility index (Phi) is 12.8. The highest BCUT2D eigenvalue weighted by atomic mass is 16.8. The van der Waals surface area contributed by atoms with E-state index < -0.39 is 149 Å². The Hall–Kier alpha value is -0.840. The Morgan fingerprint density at radius 1 is 0.378 bits per heavy atom. The van der Waals surface area contributed by atoms with E-state index >= 15 is 0 Å². The maximum Gasteiger partial charge on any atom is 0.187 e. The fourth-order valence-corrected chi connectivity index (χ4v) is 5.42. The van der Waals surface area contributed by atoms with Gasteiger partial charge in [0.05, 0.1) is 26.4 Å². The lowest BCUT2D eigenvalue weighted by molar-refractivity contribution is -0.378. The van der Waals surface area contributed by atoms with Gasteiger partial charge in [-0.05, 0) is 0 Å². The molecule has 4 heterocycles. The first-order valence-electron chi connectivity index (χ1n) is 14.1. The second-order valence-electron chi connectivity index (χ2n) is 11.2. The molecule has 0 aromatic carbocycles. The fourth-order valence-electron chi connectivity index (χ4n) is 5.42. The van der Waals surface area contributed by atoms with Gasteiger partial charge in [0.15, 0.2) is 25.2 Å². The first-order chi connectivity index (χ1) is 21.2. The molecule has 0 spiro atoms. The summed E-state index contributed by atoms with van der Waals surface area (Å²) in [7, 11) is 0. The maximum atomic E-state index is 10.8. The molecule has 0 aliphatic carbocycles. The molecule has 4 aliphatic rings. The van der Waals surface area contributed by atoms with Crippen LogP contribution in [0.25, 0.3) is 0 Å². The fraction of sp³-hybridized carbons (Fsp3) is 1.00. The molecule has 21 heteroatoms. The lowest BCUT2D eigenvalue weighted by atomic mass is 9.96. The molecular weight excluding hydrogens is 624 g/mol. The van der Waals surface area contributed by atoms with E-state index in [0.29, 0.717) is 0 Å². The van der Waals surface area contributed by atoms with Crippen LogP contribution in [-0.2, 0) is 33.2 Å². The number of hydrogen-bond donors (Lipinski definition) is 14. The van der Waals surface area contributed by atoms with Crippen LogP contribution < -0.4 is 0 Å². The van der Waals surface area contributed by atoms with Gasteiger partial charge in [0, 0.05) is 0 Å². The van der Waals surface area contributed by atoms with E-state index in [1.54, 1.807) is 0 Å². The van der Waals surface area contributed by atoms with Crippen molar-refractivity contribution in [3.63, 3.8) is 0 Å². The normalized spacial score (nSPS) is 52.9. The van der Waals surface area contributed by atoms with Gasteiger partial charge in [-0.3, -0.25) is 0 Å². The first kappa shape index (κ1) is 37.0. The minimum absolute atomic E-state index is 0.751. The quantitative estimate of drug-likeness (QED) is 0.103. The molecule has 264 valence electrons. The third kappa shape index (κ3) is 7.59. The summed E-state index contributed by atoms with van der Waals surface area (Å²) in [6, 6.07) is 0. The molecule has 14 N–H and O–H groups in total. The number of aliphatic hydroxyl groups is 14. The number of ether oxygens (including phenoxy) is 7. The first-order valence-corrected chi connectivity index (χ1v) is 14.1. The third-order valence-corrected chi connectivity index (χ3v) is 8.19. The lowest BCUT2D eigenvalue weighted by Crippen LogP contribution is -2.66. The molecule has 20 atom stereocenters. The van der Waals surface area contributed by atoms with Crippen molar-refractivity contribution >= 4 is 0 Å². The van der Waals surface area contributed by atoms with E-state index in [1.165, 1.54) is 0 Å². The second kappa shape index (κ2) is 15.6. The maximum absolute atomic E-state index is 10.8. The van der Waals surface area contributed by atoms with Gasteiger partial charge in [-0.1, -0.05) is 0 Å². The van der Waals surface area contributed by atoms with Gasteiger partial charge in [-0.15, -0.1) is 0 Å².